The molecule has 2 amide bonds. The number of hydrogen-bond acceptors (Lipinski definition) is 5. The van der Waals surface area contributed by atoms with E-state index >= 15 is 0 Å². The second kappa shape index (κ2) is 10.6. The normalized spacial score (nSPS) is 19.6. The first-order valence-electron chi connectivity index (χ1n) is 13.9. The van der Waals surface area contributed by atoms with Crippen LogP contribution in [0.2, 0.25) is 0 Å². The molecule has 3 aromatic carbocycles. The number of amides is 2. The molecule has 42 heavy (non-hydrogen) atoms. The summed E-state index contributed by atoms with van der Waals surface area (Å²) in [6.07, 6.45) is 9.69. The lowest BCUT2D eigenvalue weighted by molar-refractivity contribution is -0.135. The Labute approximate surface area is 243 Å². The third kappa shape index (κ3) is 4.59. The van der Waals surface area contributed by atoms with Gasteiger partial charge in [0.2, 0.25) is 0 Å². The molecule has 1 aliphatic carbocycles. The van der Waals surface area contributed by atoms with E-state index in [2.05, 4.69) is 10.3 Å². The second-order valence-corrected chi connectivity index (χ2v) is 10.6. The van der Waals surface area contributed by atoms with Crippen LogP contribution in [0, 0.1) is 5.92 Å². The zero-order valence-corrected chi connectivity index (χ0v) is 23.0. The molecule has 7 nitrogen and oxygen atoms in total. The number of rotatable bonds is 8. The van der Waals surface area contributed by atoms with Crippen molar-refractivity contribution in [1.29, 1.82) is 0 Å². The van der Waals surface area contributed by atoms with Gasteiger partial charge in [-0.05, 0) is 41.0 Å². The van der Waals surface area contributed by atoms with Crippen molar-refractivity contribution >= 4 is 28.3 Å². The van der Waals surface area contributed by atoms with Crippen molar-refractivity contribution in [3.05, 3.63) is 143 Å². The van der Waals surface area contributed by atoms with Crippen LogP contribution >= 0.6 is 0 Å². The molecule has 0 saturated carbocycles. The predicted molar refractivity (Wildman–Crippen MR) is 161 cm³/mol. The number of ether oxygens (including phenoxy) is 2. The third-order valence-corrected chi connectivity index (χ3v) is 7.98. The van der Waals surface area contributed by atoms with E-state index < -0.39 is 0 Å². The highest BCUT2D eigenvalue weighted by molar-refractivity contribution is 6.38. The summed E-state index contributed by atoms with van der Waals surface area (Å²) >= 11 is 0. The van der Waals surface area contributed by atoms with Gasteiger partial charge in [0.15, 0.2) is 0 Å². The van der Waals surface area contributed by atoms with Crippen LogP contribution in [0.3, 0.4) is 0 Å². The molecular formula is C35H29N3O4. The molecule has 3 aliphatic rings. The molecular weight excluding hydrogens is 526 g/mol. The quantitative estimate of drug-likeness (QED) is 0.275. The molecule has 2 unspecified atom stereocenters. The van der Waals surface area contributed by atoms with Crippen molar-refractivity contribution in [3.63, 3.8) is 0 Å². The van der Waals surface area contributed by atoms with Gasteiger partial charge in [0.05, 0.1) is 17.2 Å². The zero-order chi connectivity index (χ0) is 28.6. The van der Waals surface area contributed by atoms with Crippen LogP contribution in [-0.4, -0.2) is 34.8 Å². The Morgan fingerprint density at radius 2 is 1.52 bits per heavy atom. The Morgan fingerprint density at radius 1 is 0.833 bits per heavy atom. The monoisotopic (exact) mass is 555 g/mol. The second-order valence-electron chi connectivity index (χ2n) is 10.6. The van der Waals surface area contributed by atoms with Gasteiger partial charge in [-0.15, -0.1) is 0 Å². The Bertz CT molecular complexity index is 1810. The zero-order valence-electron chi connectivity index (χ0n) is 23.0. The highest BCUT2D eigenvalue weighted by atomic mass is 16.5. The van der Waals surface area contributed by atoms with Gasteiger partial charge in [-0.1, -0.05) is 66.7 Å². The maximum Gasteiger partial charge on any atom is 0.261 e. The van der Waals surface area contributed by atoms with Crippen LogP contribution < -0.4 is 10.1 Å². The number of carbonyl (C=O) groups is 2. The summed E-state index contributed by atoms with van der Waals surface area (Å²) < 4.78 is 12.0. The Morgan fingerprint density at radius 3 is 2.26 bits per heavy atom. The lowest BCUT2D eigenvalue weighted by atomic mass is 9.84. The highest BCUT2D eigenvalue weighted by Gasteiger charge is 2.43. The summed E-state index contributed by atoms with van der Waals surface area (Å²) in [5.74, 6) is 0.765. The predicted octanol–water partition coefficient (Wildman–Crippen LogP) is 5.64. The molecule has 0 saturated heterocycles. The average molecular weight is 556 g/mol. The van der Waals surface area contributed by atoms with E-state index in [4.69, 9.17) is 9.47 Å². The molecule has 0 radical (unpaired) electrons. The number of H-pyrrole nitrogens is 1. The molecule has 3 heterocycles. The van der Waals surface area contributed by atoms with Crippen molar-refractivity contribution < 1.29 is 19.1 Å². The molecule has 0 fully saturated rings. The van der Waals surface area contributed by atoms with Gasteiger partial charge in [0, 0.05) is 47.9 Å². The lowest BCUT2D eigenvalue weighted by Gasteiger charge is -2.22. The topological polar surface area (TPSA) is 83.7 Å². The number of hydrogen-bond donors (Lipinski definition) is 2. The third-order valence-electron chi connectivity index (χ3n) is 7.98. The molecule has 208 valence electrons. The fraction of sp³-hybridized carbons (Fsp3) is 0.143. The van der Waals surface area contributed by atoms with E-state index in [0.717, 1.165) is 39.1 Å². The van der Waals surface area contributed by atoms with Crippen LogP contribution in [-0.2, 0) is 27.5 Å². The standard InChI is InChI=1S/C35H29N3O4/c1-38-34(39)32(28-18-36-30-16-24(12-14-26(28)30)41-20-22-8-4-2-5-9-22)33(35(38)40)29-19-37-31-17-25(13-15-27(29)31)42-21-23-10-6-3-7-11-23/h2-19,26,30,36-37H,20-21H2,1H3. The molecule has 7 rings (SSSR count). The van der Waals surface area contributed by atoms with E-state index in [1.165, 1.54) is 11.9 Å². The fourth-order valence-corrected chi connectivity index (χ4v) is 5.76. The number of aromatic nitrogens is 1. The number of carbonyl (C=O) groups excluding carboxylic acids is 2. The summed E-state index contributed by atoms with van der Waals surface area (Å²) in [6, 6.07) is 25.7. The van der Waals surface area contributed by atoms with Gasteiger partial charge in [0.25, 0.3) is 11.8 Å². The molecule has 2 atom stereocenters. The van der Waals surface area contributed by atoms with Gasteiger partial charge in [-0.25, -0.2) is 0 Å². The van der Waals surface area contributed by atoms with E-state index in [-0.39, 0.29) is 23.8 Å². The minimum atomic E-state index is -0.313. The van der Waals surface area contributed by atoms with E-state index in [1.807, 2.05) is 103 Å². The Kier molecular flexibility index (Phi) is 6.47. The summed E-state index contributed by atoms with van der Waals surface area (Å²) in [7, 11) is 1.54. The van der Waals surface area contributed by atoms with Gasteiger partial charge in [0.1, 0.15) is 24.7 Å². The van der Waals surface area contributed by atoms with Crippen molar-refractivity contribution in [2.24, 2.45) is 5.92 Å². The van der Waals surface area contributed by atoms with Gasteiger partial charge in [-0.3, -0.25) is 14.5 Å². The van der Waals surface area contributed by atoms with Gasteiger partial charge < -0.3 is 19.8 Å². The first-order chi connectivity index (χ1) is 20.6. The Hall–Kier alpha value is -5.30. The highest BCUT2D eigenvalue weighted by Crippen LogP contribution is 2.42. The summed E-state index contributed by atoms with van der Waals surface area (Å²) in [5, 5.41) is 4.24. The van der Waals surface area contributed by atoms with Crippen LogP contribution in [0.1, 0.15) is 16.7 Å². The number of nitrogens with zero attached hydrogens (tertiary/aromatic N) is 1. The Balaban J connectivity index is 1.16. The van der Waals surface area contributed by atoms with Crippen molar-refractivity contribution in [2.45, 2.75) is 19.3 Å². The molecule has 1 aromatic heterocycles. The van der Waals surface area contributed by atoms with Crippen LogP contribution in [0.15, 0.2) is 126 Å². The number of aromatic amines is 1. The molecule has 4 aromatic rings. The smallest absolute Gasteiger partial charge is 0.261 e. The van der Waals surface area contributed by atoms with Crippen molar-refractivity contribution in [3.8, 4) is 5.75 Å². The number of allylic oxidation sites excluding steroid dienone is 1. The summed E-state index contributed by atoms with van der Waals surface area (Å²) in [4.78, 5) is 31.5. The molecule has 2 N–H and O–H groups in total. The van der Waals surface area contributed by atoms with E-state index in [0.29, 0.717) is 29.9 Å². The number of likely N-dealkylation sites (N-methyl/N-ethyl adjacent to an activating group) is 1. The largest absolute Gasteiger partial charge is 0.489 e. The molecule has 2 aliphatic heterocycles. The van der Waals surface area contributed by atoms with Crippen LogP contribution in [0.4, 0.5) is 0 Å². The van der Waals surface area contributed by atoms with Gasteiger partial charge in [-0.2, -0.15) is 0 Å². The van der Waals surface area contributed by atoms with E-state index in [9.17, 15) is 9.59 Å². The first kappa shape index (κ1) is 25.7. The minimum absolute atomic E-state index is 0.0781. The number of imide groups is 1. The van der Waals surface area contributed by atoms with Crippen LogP contribution in [0.5, 0.6) is 5.75 Å². The molecule has 7 heteroatoms. The first-order valence-corrected chi connectivity index (χ1v) is 13.9. The summed E-state index contributed by atoms with van der Waals surface area (Å²) in [5.41, 5.74) is 5.33. The van der Waals surface area contributed by atoms with Gasteiger partial charge >= 0.3 is 0 Å². The minimum Gasteiger partial charge on any atom is -0.489 e. The average Bonchev–Trinajstić information content (AvgIpc) is 3.70. The maximum atomic E-state index is 13.5. The van der Waals surface area contributed by atoms with Crippen LogP contribution in [0.25, 0.3) is 16.5 Å². The molecule has 0 spiro atoms. The maximum absolute atomic E-state index is 13.5. The SMILES string of the molecule is CN1C(=O)C(C2=CNC3C=C(OCc4ccccc4)C=CC23)=C(c2c[nH]c3cc(OCc4ccccc4)ccc23)C1=O. The number of fused-ring (bicyclic) bond motifs is 2. The number of benzene rings is 3. The lowest BCUT2D eigenvalue weighted by Crippen LogP contribution is -2.29. The van der Waals surface area contributed by atoms with Crippen molar-refractivity contribution in [1.82, 2.24) is 15.2 Å². The van der Waals surface area contributed by atoms with E-state index in [1.54, 1.807) is 6.20 Å². The fourth-order valence-electron chi connectivity index (χ4n) is 5.76. The van der Waals surface area contributed by atoms with Crippen molar-refractivity contribution in [2.75, 3.05) is 7.05 Å². The molecule has 0 bridgehead atoms. The number of nitrogens with one attached hydrogen (secondary N) is 2. The summed E-state index contributed by atoms with van der Waals surface area (Å²) in [6.45, 7) is 0.930.